The molecule has 0 unspecified atom stereocenters. The van der Waals surface area contributed by atoms with Gasteiger partial charge in [0, 0.05) is 36.9 Å². The Bertz CT molecular complexity index is 1090. The Balaban J connectivity index is 1.39. The van der Waals surface area contributed by atoms with Gasteiger partial charge in [0.05, 0.1) is 22.3 Å². The van der Waals surface area contributed by atoms with Gasteiger partial charge in [-0.2, -0.15) is 0 Å². The number of nitrogens with zero attached hydrogens (tertiary/aromatic N) is 5. The van der Waals surface area contributed by atoms with Gasteiger partial charge in [0.15, 0.2) is 0 Å². The van der Waals surface area contributed by atoms with E-state index in [1.807, 2.05) is 31.1 Å². The summed E-state index contributed by atoms with van der Waals surface area (Å²) < 4.78 is 5.83. The Labute approximate surface area is 175 Å². The van der Waals surface area contributed by atoms with Gasteiger partial charge in [-0.25, -0.2) is 9.97 Å². The van der Waals surface area contributed by atoms with Gasteiger partial charge in [-0.1, -0.05) is 0 Å². The molecule has 0 atom stereocenters. The summed E-state index contributed by atoms with van der Waals surface area (Å²) in [7, 11) is 0. The van der Waals surface area contributed by atoms with Crippen LogP contribution < -0.4 is 5.32 Å². The number of hydrogen-bond donors (Lipinski definition) is 1. The van der Waals surface area contributed by atoms with E-state index < -0.39 is 0 Å². The van der Waals surface area contributed by atoms with Crippen LogP contribution in [0.4, 0.5) is 5.82 Å². The van der Waals surface area contributed by atoms with E-state index in [9.17, 15) is 4.79 Å². The first-order valence-corrected chi connectivity index (χ1v) is 10.5. The van der Waals surface area contributed by atoms with Crippen LogP contribution in [-0.2, 0) is 0 Å². The standard InChI is InChI=1S/C22H26N6O2/c1-13-10-24-16(11-23-13)15-4-8-28(9-5-15)21(29)17-14(2)30-20-18(17)19(25-12-26-20)27-22(3)6-7-22/h10-12,15H,4-9H2,1-3H3,(H,25,26,27). The lowest BCUT2D eigenvalue weighted by molar-refractivity contribution is 0.0712. The molecule has 4 heterocycles. The number of piperidine rings is 1. The van der Waals surface area contributed by atoms with Crippen LogP contribution in [-0.4, -0.2) is 49.4 Å². The summed E-state index contributed by atoms with van der Waals surface area (Å²) >= 11 is 0. The van der Waals surface area contributed by atoms with E-state index in [4.69, 9.17) is 4.42 Å². The number of carbonyl (C=O) groups is 1. The Morgan fingerprint density at radius 3 is 2.57 bits per heavy atom. The Morgan fingerprint density at radius 1 is 1.13 bits per heavy atom. The highest BCUT2D eigenvalue weighted by molar-refractivity contribution is 6.10. The van der Waals surface area contributed by atoms with E-state index in [0.29, 0.717) is 47.2 Å². The quantitative estimate of drug-likeness (QED) is 0.707. The molecule has 0 radical (unpaired) electrons. The predicted octanol–water partition coefficient (Wildman–Crippen LogP) is 3.61. The van der Waals surface area contributed by atoms with Gasteiger partial charge in [0.25, 0.3) is 5.91 Å². The van der Waals surface area contributed by atoms with Crippen LogP contribution >= 0.6 is 0 Å². The zero-order valence-corrected chi connectivity index (χ0v) is 17.6. The summed E-state index contributed by atoms with van der Waals surface area (Å²) in [6.07, 6.45) is 9.08. The van der Waals surface area contributed by atoms with Crippen molar-refractivity contribution >= 4 is 22.8 Å². The molecule has 5 rings (SSSR count). The average Bonchev–Trinajstić information content (AvgIpc) is 3.36. The monoisotopic (exact) mass is 406 g/mol. The van der Waals surface area contributed by atoms with Crippen LogP contribution in [0.1, 0.15) is 66.0 Å². The first kappa shape index (κ1) is 19.0. The largest absolute Gasteiger partial charge is 0.442 e. The van der Waals surface area contributed by atoms with Crippen molar-refractivity contribution in [3.63, 3.8) is 0 Å². The summed E-state index contributed by atoms with van der Waals surface area (Å²) in [5.74, 6) is 1.59. The zero-order chi connectivity index (χ0) is 20.9. The number of hydrogen-bond acceptors (Lipinski definition) is 7. The minimum atomic E-state index is -0.0153. The van der Waals surface area contributed by atoms with Crippen LogP contribution in [0.2, 0.25) is 0 Å². The van der Waals surface area contributed by atoms with Gasteiger partial charge >= 0.3 is 0 Å². The normalized spacial score (nSPS) is 18.6. The fourth-order valence-corrected chi connectivity index (χ4v) is 4.14. The van der Waals surface area contributed by atoms with Gasteiger partial charge in [-0.15, -0.1) is 0 Å². The van der Waals surface area contributed by atoms with Gasteiger partial charge in [-0.3, -0.25) is 14.8 Å². The Kier molecular flexibility index (Phi) is 4.45. The lowest BCUT2D eigenvalue weighted by Crippen LogP contribution is -2.38. The molecule has 0 spiro atoms. The first-order chi connectivity index (χ1) is 14.4. The highest BCUT2D eigenvalue weighted by Crippen LogP contribution is 2.40. The molecule has 8 heteroatoms. The van der Waals surface area contributed by atoms with E-state index in [0.717, 1.165) is 37.1 Å². The minimum absolute atomic E-state index is 0.0153. The second-order valence-electron chi connectivity index (χ2n) is 8.77. The van der Waals surface area contributed by atoms with Crippen molar-refractivity contribution in [2.45, 2.75) is 57.9 Å². The lowest BCUT2D eigenvalue weighted by Gasteiger charge is -2.31. The van der Waals surface area contributed by atoms with Gasteiger partial charge < -0.3 is 14.6 Å². The summed E-state index contributed by atoms with van der Waals surface area (Å²) in [5, 5.41) is 4.18. The molecule has 1 aliphatic carbocycles. The summed E-state index contributed by atoms with van der Waals surface area (Å²) in [6.45, 7) is 7.28. The SMILES string of the molecule is Cc1cnc(C2CCN(C(=O)c3c(C)oc4ncnc(NC5(C)CC5)c34)CC2)cn1. The molecule has 156 valence electrons. The maximum Gasteiger partial charge on any atom is 0.258 e. The number of aromatic nitrogens is 4. The highest BCUT2D eigenvalue weighted by atomic mass is 16.3. The Morgan fingerprint density at radius 2 is 1.90 bits per heavy atom. The van der Waals surface area contributed by atoms with Crippen molar-refractivity contribution in [3.8, 4) is 0 Å². The third-order valence-electron chi connectivity index (χ3n) is 6.30. The number of aryl methyl sites for hydroxylation is 2. The van der Waals surface area contributed by atoms with Crippen LogP contribution in [0.25, 0.3) is 11.1 Å². The molecule has 0 bridgehead atoms. The lowest BCUT2D eigenvalue weighted by atomic mass is 9.93. The van der Waals surface area contributed by atoms with Crippen molar-refractivity contribution in [2.24, 2.45) is 0 Å². The van der Waals surface area contributed by atoms with Crippen molar-refractivity contribution in [2.75, 3.05) is 18.4 Å². The number of nitrogens with one attached hydrogen (secondary N) is 1. The van der Waals surface area contributed by atoms with Crippen LogP contribution in [0.3, 0.4) is 0 Å². The van der Waals surface area contributed by atoms with Gasteiger partial charge in [-0.05, 0) is 46.5 Å². The van der Waals surface area contributed by atoms with Crippen LogP contribution in [0.15, 0.2) is 23.1 Å². The topological polar surface area (TPSA) is 97.0 Å². The number of amides is 1. The zero-order valence-electron chi connectivity index (χ0n) is 17.6. The number of anilines is 1. The number of rotatable bonds is 4. The number of likely N-dealkylation sites (tertiary alicyclic amines) is 1. The Hall–Kier alpha value is -3.03. The molecule has 2 aliphatic rings. The van der Waals surface area contributed by atoms with E-state index >= 15 is 0 Å². The van der Waals surface area contributed by atoms with Crippen molar-refractivity contribution < 1.29 is 9.21 Å². The highest BCUT2D eigenvalue weighted by Gasteiger charge is 2.39. The minimum Gasteiger partial charge on any atom is -0.442 e. The number of fused-ring (bicyclic) bond motifs is 1. The number of furan rings is 1. The summed E-state index contributed by atoms with van der Waals surface area (Å²) in [6, 6.07) is 0. The molecule has 0 aromatic carbocycles. The van der Waals surface area contributed by atoms with E-state index in [2.05, 4.69) is 32.2 Å². The van der Waals surface area contributed by atoms with Crippen LogP contribution in [0.5, 0.6) is 0 Å². The molecule has 1 amide bonds. The van der Waals surface area contributed by atoms with Crippen molar-refractivity contribution in [1.82, 2.24) is 24.8 Å². The molecule has 30 heavy (non-hydrogen) atoms. The molecule has 8 nitrogen and oxygen atoms in total. The third-order valence-corrected chi connectivity index (χ3v) is 6.30. The second kappa shape index (κ2) is 7.04. The van der Waals surface area contributed by atoms with E-state index in [1.54, 1.807) is 0 Å². The van der Waals surface area contributed by atoms with E-state index in [1.165, 1.54) is 6.33 Å². The molecule has 3 aromatic rings. The van der Waals surface area contributed by atoms with Crippen molar-refractivity contribution in [1.29, 1.82) is 0 Å². The molecular weight excluding hydrogens is 380 g/mol. The fourth-order valence-electron chi connectivity index (χ4n) is 4.14. The molecule has 1 saturated heterocycles. The first-order valence-electron chi connectivity index (χ1n) is 10.5. The van der Waals surface area contributed by atoms with Gasteiger partial charge in [0.2, 0.25) is 5.71 Å². The third kappa shape index (κ3) is 3.40. The summed E-state index contributed by atoms with van der Waals surface area (Å²) in [5.41, 5.74) is 3.00. The van der Waals surface area contributed by atoms with Gasteiger partial charge in [0.1, 0.15) is 17.9 Å². The molecule has 1 N–H and O–H groups in total. The molecule has 2 fully saturated rings. The maximum absolute atomic E-state index is 13.5. The summed E-state index contributed by atoms with van der Waals surface area (Å²) in [4.78, 5) is 32.9. The smallest absolute Gasteiger partial charge is 0.258 e. The maximum atomic E-state index is 13.5. The molecule has 1 aliphatic heterocycles. The molecule has 1 saturated carbocycles. The number of carbonyl (C=O) groups excluding carboxylic acids is 1. The van der Waals surface area contributed by atoms with Crippen molar-refractivity contribution in [3.05, 3.63) is 41.4 Å². The predicted molar refractivity (Wildman–Crippen MR) is 112 cm³/mol. The second-order valence-corrected chi connectivity index (χ2v) is 8.77. The average molecular weight is 406 g/mol. The van der Waals surface area contributed by atoms with E-state index in [-0.39, 0.29) is 11.4 Å². The fraction of sp³-hybridized carbons (Fsp3) is 0.500. The molecule has 3 aromatic heterocycles. The molecular formula is C22H26N6O2. The van der Waals surface area contributed by atoms with Crippen LogP contribution in [0, 0.1) is 13.8 Å².